The first kappa shape index (κ1) is 17.8. The van der Waals surface area contributed by atoms with Crippen LogP contribution in [0.1, 0.15) is 66.7 Å². The third-order valence-electron chi connectivity index (χ3n) is 5.24. The smallest absolute Gasteiger partial charge is 0.315 e. The summed E-state index contributed by atoms with van der Waals surface area (Å²) in [6.07, 6.45) is 6.07. The Labute approximate surface area is 127 Å². The first-order chi connectivity index (χ1) is 9.58. The Kier molecular flexibility index (Phi) is 5.65. The first-order valence-corrected chi connectivity index (χ1v) is 7.90. The van der Waals surface area contributed by atoms with Crippen LogP contribution in [0, 0.1) is 11.3 Å². The van der Waals surface area contributed by atoms with Crippen molar-refractivity contribution in [2.45, 2.75) is 78.3 Å². The largest absolute Gasteiger partial charge is 0.481 e. The van der Waals surface area contributed by atoms with Gasteiger partial charge in [-0.15, -0.1) is 0 Å². The van der Waals surface area contributed by atoms with Crippen molar-refractivity contribution in [2.24, 2.45) is 11.3 Å². The zero-order valence-corrected chi connectivity index (χ0v) is 14.0. The van der Waals surface area contributed by atoms with E-state index in [1.54, 1.807) is 27.7 Å². The van der Waals surface area contributed by atoms with Gasteiger partial charge in [-0.25, -0.2) is 4.79 Å². The SMILES string of the molecule is CC(NC(=O)NC(C)(C)C(C)(C)C(=O)O)C1CCCCC1. The quantitative estimate of drug-likeness (QED) is 0.729. The Morgan fingerprint density at radius 2 is 1.62 bits per heavy atom. The monoisotopic (exact) mass is 298 g/mol. The summed E-state index contributed by atoms with van der Waals surface area (Å²) in [4.78, 5) is 23.5. The van der Waals surface area contributed by atoms with Crippen molar-refractivity contribution in [2.75, 3.05) is 0 Å². The fraction of sp³-hybridized carbons (Fsp3) is 0.875. The number of hydrogen-bond acceptors (Lipinski definition) is 2. The summed E-state index contributed by atoms with van der Waals surface area (Å²) in [7, 11) is 0. The molecule has 1 rings (SSSR count). The van der Waals surface area contributed by atoms with E-state index in [-0.39, 0.29) is 12.1 Å². The van der Waals surface area contributed by atoms with Crippen molar-refractivity contribution in [3.63, 3.8) is 0 Å². The minimum atomic E-state index is -1.04. The van der Waals surface area contributed by atoms with Crippen molar-refractivity contribution >= 4 is 12.0 Å². The summed E-state index contributed by atoms with van der Waals surface area (Å²) < 4.78 is 0. The third-order valence-corrected chi connectivity index (χ3v) is 5.24. The molecule has 0 aromatic carbocycles. The Balaban J connectivity index is 2.57. The highest BCUT2D eigenvalue weighted by atomic mass is 16.4. The molecule has 1 atom stereocenters. The van der Waals surface area contributed by atoms with Crippen LogP contribution in [0.2, 0.25) is 0 Å². The highest BCUT2D eigenvalue weighted by Gasteiger charge is 2.44. The third kappa shape index (κ3) is 4.35. The molecule has 122 valence electrons. The number of nitrogens with one attached hydrogen (secondary N) is 2. The topological polar surface area (TPSA) is 78.4 Å². The standard InChI is InChI=1S/C16H30N2O3/c1-11(12-9-7-6-8-10-12)17-14(21)18-16(4,5)15(2,3)13(19)20/h11-12H,6-10H2,1-5H3,(H,19,20)(H2,17,18,21). The average molecular weight is 298 g/mol. The van der Waals surface area contributed by atoms with Gasteiger partial charge in [0.1, 0.15) is 0 Å². The van der Waals surface area contributed by atoms with E-state index in [0.29, 0.717) is 5.92 Å². The molecule has 5 nitrogen and oxygen atoms in total. The fourth-order valence-electron chi connectivity index (χ4n) is 2.70. The zero-order valence-electron chi connectivity index (χ0n) is 14.0. The maximum absolute atomic E-state index is 12.2. The second kappa shape index (κ2) is 6.67. The molecule has 3 N–H and O–H groups in total. The average Bonchev–Trinajstić information content (AvgIpc) is 2.38. The summed E-state index contributed by atoms with van der Waals surface area (Å²) in [6.45, 7) is 8.77. The van der Waals surface area contributed by atoms with Gasteiger partial charge in [0.25, 0.3) is 0 Å². The van der Waals surface area contributed by atoms with Gasteiger partial charge < -0.3 is 15.7 Å². The Hall–Kier alpha value is -1.26. The minimum Gasteiger partial charge on any atom is -0.481 e. The molecular weight excluding hydrogens is 268 g/mol. The molecule has 0 radical (unpaired) electrons. The molecule has 2 amide bonds. The predicted molar refractivity (Wildman–Crippen MR) is 83.2 cm³/mol. The highest BCUT2D eigenvalue weighted by Crippen LogP contribution is 2.31. The lowest BCUT2D eigenvalue weighted by Crippen LogP contribution is -2.60. The molecule has 1 aliphatic rings. The molecule has 1 aliphatic carbocycles. The lowest BCUT2D eigenvalue weighted by atomic mass is 9.74. The molecule has 1 unspecified atom stereocenters. The van der Waals surface area contributed by atoms with E-state index >= 15 is 0 Å². The Bertz CT molecular complexity index is 385. The van der Waals surface area contributed by atoms with Crippen LogP contribution in [0.25, 0.3) is 0 Å². The van der Waals surface area contributed by atoms with Crippen LogP contribution >= 0.6 is 0 Å². The van der Waals surface area contributed by atoms with E-state index in [1.165, 1.54) is 19.3 Å². The van der Waals surface area contributed by atoms with Crippen molar-refractivity contribution in [1.82, 2.24) is 10.6 Å². The molecule has 1 fully saturated rings. The number of rotatable bonds is 5. The van der Waals surface area contributed by atoms with E-state index in [0.717, 1.165) is 12.8 Å². The minimum absolute atomic E-state index is 0.119. The van der Waals surface area contributed by atoms with Crippen LogP contribution in [0.5, 0.6) is 0 Å². The van der Waals surface area contributed by atoms with Crippen LogP contribution in [0.3, 0.4) is 0 Å². The molecule has 0 aromatic heterocycles. The van der Waals surface area contributed by atoms with Crippen molar-refractivity contribution < 1.29 is 14.7 Å². The number of amides is 2. The molecule has 21 heavy (non-hydrogen) atoms. The van der Waals surface area contributed by atoms with E-state index in [9.17, 15) is 14.7 Å². The molecular formula is C16H30N2O3. The summed E-state index contributed by atoms with van der Waals surface area (Å²) >= 11 is 0. The number of hydrogen-bond donors (Lipinski definition) is 3. The van der Waals surface area contributed by atoms with E-state index in [2.05, 4.69) is 10.6 Å². The zero-order chi connectivity index (χ0) is 16.3. The van der Waals surface area contributed by atoms with Crippen LogP contribution in [-0.4, -0.2) is 28.7 Å². The maximum Gasteiger partial charge on any atom is 0.315 e. The van der Waals surface area contributed by atoms with E-state index in [1.807, 2.05) is 6.92 Å². The number of urea groups is 1. The van der Waals surface area contributed by atoms with Crippen LogP contribution in [0.4, 0.5) is 4.79 Å². The normalized spacial score (nSPS) is 18.9. The van der Waals surface area contributed by atoms with Crippen LogP contribution < -0.4 is 10.6 Å². The van der Waals surface area contributed by atoms with Gasteiger partial charge in [0.2, 0.25) is 0 Å². The summed E-state index contributed by atoms with van der Waals surface area (Å²) in [5.41, 5.74) is -1.88. The van der Waals surface area contributed by atoms with Gasteiger partial charge >= 0.3 is 12.0 Å². The molecule has 0 saturated heterocycles. The summed E-state index contributed by atoms with van der Waals surface area (Å²) in [5.74, 6) is -0.395. The molecule has 0 aromatic rings. The van der Waals surface area contributed by atoms with Gasteiger partial charge in [-0.1, -0.05) is 19.3 Å². The second-order valence-corrected chi connectivity index (χ2v) is 7.34. The molecule has 0 aliphatic heterocycles. The number of aliphatic carboxylic acids is 1. The summed E-state index contributed by atoms with van der Waals surface area (Å²) in [5, 5.41) is 15.1. The number of carbonyl (C=O) groups is 2. The van der Waals surface area contributed by atoms with Crippen LogP contribution in [-0.2, 0) is 4.79 Å². The lowest BCUT2D eigenvalue weighted by Gasteiger charge is -2.39. The summed E-state index contributed by atoms with van der Waals surface area (Å²) in [6, 6.07) is -0.165. The van der Waals surface area contributed by atoms with E-state index in [4.69, 9.17) is 0 Å². The predicted octanol–water partition coefficient (Wildman–Crippen LogP) is 3.14. The van der Waals surface area contributed by atoms with Crippen molar-refractivity contribution in [3.8, 4) is 0 Å². The lowest BCUT2D eigenvalue weighted by molar-refractivity contribution is -0.150. The van der Waals surface area contributed by atoms with E-state index < -0.39 is 16.9 Å². The molecule has 0 heterocycles. The molecule has 0 bridgehead atoms. The highest BCUT2D eigenvalue weighted by molar-refractivity contribution is 5.79. The van der Waals surface area contributed by atoms with Gasteiger partial charge in [-0.05, 0) is 53.4 Å². The van der Waals surface area contributed by atoms with Gasteiger partial charge in [-0.3, -0.25) is 4.79 Å². The molecule has 0 spiro atoms. The van der Waals surface area contributed by atoms with Gasteiger partial charge in [0.05, 0.1) is 11.0 Å². The molecule has 1 saturated carbocycles. The number of carboxylic acids is 1. The van der Waals surface area contributed by atoms with Gasteiger partial charge in [0, 0.05) is 6.04 Å². The maximum atomic E-state index is 12.2. The van der Waals surface area contributed by atoms with Gasteiger partial charge in [-0.2, -0.15) is 0 Å². The second-order valence-electron chi connectivity index (χ2n) is 7.34. The number of carbonyl (C=O) groups excluding carboxylic acids is 1. The van der Waals surface area contributed by atoms with Crippen molar-refractivity contribution in [3.05, 3.63) is 0 Å². The van der Waals surface area contributed by atoms with Gasteiger partial charge in [0.15, 0.2) is 0 Å². The number of carboxylic acid groups (broad SMARTS) is 1. The van der Waals surface area contributed by atoms with Crippen LogP contribution in [0.15, 0.2) is 0 Å². The first-order valence-electron chi connectivity index (χ1n) is 7.90. The Morgan fingerprint density at radius 3 is 2.10 bits per heavy atom. The molecule has 5 heteroatoms. The van der Waals surface area contributed by atoms with Crippen molar-refractivity contribution in [1.29, 1.82) is 0 Å². The Morgan fingerprint density at radius 1 is 1.10 bits per heavy atom. The fourth-order valence-corrected chi connectivity index (χ4v) is 2.70.